The molecule has 0 spiro atoms. The quantitative estimate of drug-likeness (QED) is 0.440. The van der Waals surface area contributed by atoms with E-state index < -0.39 is 12.8 Å². The van der Waals surface area contributed by atoms with E-state index in [4.69, 9.17) is 4.74 Å². The van der Waals surface area contributed by atoms with E-state index in [1.807, 2.05) is 19.3 Å². The fraction of sp³-hybridized carbons (Fsp3) is 0.640. The van der Waals surface area contributed by atoms with Crippen LogP contribution in [0.3, 0.4) is 0 Å². The third kappa shape index (κ3) is 8.17. The second kappa shape index (κ2) is 11.7. The Morgan fingerprint density at radius 1 is 1.20 bits per heavy atom. The van der Waals surface area contributed by atoms with Crippen molar-refractivity contribution in [2.75, 3.05) is 26.2 Å². The first-order chi connectivity index (χ1) is 16.7. The number of alkyl halides is 3. The number of nitrogens with zero attached hydrogens (tertiary/aromatic N) is 4. The molecular formula is C25H33F3N4O2S. The molecule has 1 aliphatic carbocycles. The average Bonchev–Trinajstić information content (AvgIpc) is 3.36. The van der Waals surface area contributed by atoms with Gasteiger partial charge in [-0.3, -0.25) is 9.48 Å². The molecule has 0 radical (unpaired) electrons. The number of rotatable bonds is 9. The summed E-state index contributed by atoms with van der Waals surface area (Å²) < 4.78 is 43.7. The molecule has 0 N–H and O–H groups in total. The summed E-state index contributed by atoms with van der Waals surface area (Å²) in [5.74, 6) is 1.37. The largest absolute Gasteiger partial charge is 0.460 e. The van der Waals surface area contributed by atoms with Gasteiger partial charge in [-0.05, 0) is 56.2 Å². The fourth-order valence-corrected chi connectivity index (χ4v) is 5.92. The smallest absolute Gasteiger partial charge is 0.422 e. The third-order valence-corrected chi connectivity index (χ3v) is 8.00. The number of hydrogen-bond acceptors (Lipinski definition) is 6. The summed E-state index contributed by atoms with van der Waals surface area (Å²) in [6.07, 6.45) is 10.7. The lowest BCUT2D eigenvalue weighted by Gasteiger charge is -2.30. The van der Waals surface area contributed by atoms with Crippen LogP contribution in [-0.2, 0) is 24.7 Å². The normalized spacial score (nSPS) is 21.7. The number of fused-ring (bicyclic) bond motifs is 1. The van der Waals surface area contributed by atoms with Gasteiger partial charge >= 0.3 is 6.18 Å². The molecule has 0 atom stereocenters. The molecule has 0 bridgehead atoms. The van der Waals surface area contributed by atoms with Crippen molar-refractivity contribution in [3.05, 3.63) is 34.6 Å². The highest BCUT2D eigenvalue weighted by molar-refractivity contribution is 7.13. The third-order valence-electron chi connectivity index (χ3n) is 6.93. The molecule has 1 saturated carbocycles. The van der Waals surface area contributed by atoms with Crippen molar-refractivity contribution in [1.82, 2.24) is 19.7 Å². The Morgan fingerprint density at radius 2 is 1.94 bits per heavy atom. The predicted octanol–water partition coefficient (Wildman–Crippen LogP) is 5.09. The van der Waals surface area contributed by atoms with Gasteiger partial charge in [-0.25, -0.2) is 4.98 Å². The summed E-state index contributed by atoms with van der Waals surface area (Å²) in [6.45, 7) is 1.53. The summed E-state index contributed by atoms with van der Waals surface area (Å²) >= 11 is 1.25. The van der Waals surface area contributed by atoms with E-state index >= 15 is 0 Å². The van der Waals surface area contributed by atoms with Crippen molar-refractivity contribution in [2.45, 2.75) is 57.5 Å². The lowest BCUT2D eigenvalue weighted by atomic mass is 9.78. The van der Waals surface area contributed by atoms with E-state index in [0.717, 1.165) is 67.9 Å². The minimum atomic E-state index is -4.34. The van der Waals surface area contributed by atoms with Crippen LogP contribution < -0.4 is 4.74 Å². The van der Waals surface area contributed by atoms with Crippen molar-refractivity contribution in [3.8, 4) is 5.19 Å². The number of ketones is 1. The van der Waals surface area contributed by atoms with Gasteiger partial charge in [0.2, 0.25) is 0 Å². The van der Waals surface area contributed by atoms with Crippen molar-refractivity contribution in [2.24, 2.45) is 18.9 Å². The summed E-state index contributed by atoms with van der Waals surface area (Å²) in [6, 6.07) is 0. The van der Waals surface area contributed by atoms with Gasteiger partial charge in [0.1, 0.15) is 0 Å². The number of aryl methyl sites for hydroxylation is 1. The molecule has 0 amide bonds. The van der Waals surface area contributed by atoms with Crippen LogP contribution in [0, 0.1) is 11.8 Å². The monoisotopic (exact) mass is 510 g/mol. The minimum absolute atomic E-state index is 0.128. The van der Waals surface area contributed by atoms with Crippen LogP contribution in [0.2, 0.25) is 0 Å². The summed E-state index contributed by atoms with van der Waals surface area (Å²) in [5, 5.41) is 4.24. The van der Waals surface area contributed by atoms with Crippen molar-refractivity contribution in [3.63, 3.8) is 0 Å². The summed E-state index contributed by atoms with van der Waals surface area (Å²) in [5.41, 5.74) is 1.83. The lowest BCUT2D eigenvalue weighted by molar-refractivity contribution is -0.153. The van der Waals surface area contributed by atoms with E-state index in [-0.39, 0.29) is 11.0 Å². The van der Waals surface area contributed by atoms with Gasteiger partial charge in [0.25, 0.3) is 5.19 Å². The molecule has 4 rings (SSSR count). The van der Waals surface area contributed by atoms with Gasteiger partial charge in [0.15, 0.2) is 12.4 Å². The van der Waals surface area contributed by atoms with Crippen molar-refractivity contribution >= 4 is 23.2 Å². The van der Waals surface area contributed by atoms with Gasteiger partial charge in [-0.15, -0.1) is 0 Å². The van der Waals surface area contributed by atoms with Crippen LogP contribution in [0.5, 0.6) is 5.19 Å². The zero-order valence-electron chi connectivity index (χ0n) is 20.1. The van der Waals surface area contributed by atoms with Gasteiger partial charge in [0, 0.05) is 49.6 Å². The van der Waals surface area contributed by atoms with Crippen LogP contribution in [0.1, 0.15) is 54.7 Å². The minimum Gasteiger partial charge on any atom is -0.460 e. The molecule has 2 aliphatic rings. The molecule has 6 nitrogen and oxygen atoms in total. The van der Waals surface area contributed by atoms with E-state index in [2.05, 4.69) is 15.0 Å². The molecule has 1 fully saturated rings. The van der Waals surface area contributed by atoms with Crippen molar-refractivity contribution in [1.29, 1.82) is 0 Å². The first-order valence-corrected chi connectivity index (χ1v) is 13.1. The molecule has 2 aromatic rings. The topological polar surface area (TPSA) is 60.2 Å². The van der Waals surface area contributed by atoms with Crippen LogP contribution in [-0.4, -0.2) is 57.9 Å². The fourth-order valence-electron chi connectivity index (χ4n) is 4.97. The molecule has 0 saturated heterocycles. The Balaban J connectivity index is 1.13. The Morgan fingerprint density at radius 3 is 2.66 bits per heavy atom. The number of carbonyl (C=O) groups excluding carboxylic acids is 1. The molecule has 3 heterocycles. The number of thiazole rings is 1. The molecular weight excluding hydrogens is 477 g/mol. The number of halogens is 3. The SMILES string of the molecule is Cn1cc(/C=C/C(=O)CC2CCC(CCN3CCc4nc(OCC(F)(F)F)sc4CC3)CC2)cn1. The molecule has 0 aromatic carbocycles. The Kier molecular flexibility index (Phi) is 8.64. The highest BCUT2D eigenvalue weighted by Crippen LogP contribution is 2.34. The maximum Gasteiger partial charge on any atom is 0.422 e. The highest BCUT2D eigenvalue weighted by Gasteiger charge is 2.30. The number of carbonyl (C=O) groups is 1. The second-order valence-corrected chi connectivity index (χ2v) is 10.8. The number of ether oxygens (including phenoxy) is 1. The number of aromatic nitrogens is 3. The molecule has 35 heavy (non-hydrogen) atoms. The lowest BCUT2D eigenvalue weighted by Crippen LogP contribution is -2.29. The molecule has 1 aliphatic heterocycles. The van der Waals surface area contributed by atoms with Crippen LogP contribution in [0.25, 0.3) is 6.08 Å². The second-order valence-electron chi connectivity index (χ2n) is 9.72. The Bertz CT molecular complexity index is 983. The average molecular weight is 511 g/mol. The first-order valence-electron chi connectivity index (χ1n) is 12.3. The molecule has 0 unspecified atom stereocenters. The van der Waals surface area contributed by atoms with Gasteiger partial charge in [0.05, 0.1) is 11.9 Å². The van der Waals surface area contributed by atoms with Crippen LogP contribution in [0.4, 0.5) is 13.2 Å². The van der Waals surface area contributed by atoms with Gasteiger partial charge < -0.3 is 9.64 Å². The van der Waals surface area contributed by atoms with E-state index in [1.165, 1.54) is 24.2 Å². The van der Waals surface area contributed by atoms with E-state index in [1.54, 1.807) is 17.0 Å². The zero-order valence-corrected chi connectivity index (χ0v) is 20.9. The maximum absolute atomic E-state index is 12.4. The van der Waals surface area contributed by atoms with E-state index in [0.29, 0.717) is 18.3 Å². The molecule has 192 valence electrons. The highest BCUT2D eigenvalue weighted by atomic mass is 32.1. The van der Waals surface area contributed by atoms with Crippen molar-refractivity contribution < 1.29 is 22.7 Å². The maximum atomic E-state index is 12.4. The molecule has 10 heteroatoms. The first kappa shape index (κ1) is 25.9. The summed E-state index contributed by atoms with van der Waals surface area (Å²) in [7, 11) is 1.86. The Labute approximate surface area is 208 Å². The molecule has 2 aromatic heterocycles. The predicted molar refractivity (Wildman–Crippen MR) is 129 cm³/mol. The van der Waals surface area contributed by atoms with Gasteiger partial charge in [-0.1, -0.05) is 24.2 Å². The van der Waals surface area contributed by atoms with E-state index in [9.17, 15) is 18.0 Å². The summed E-state index contributed by atoms with van der Waals surface area (Å²) in [4.78, 5) is 20.1. The number of allylic oxidation sites excluding steroid dienone is 1. The van der Waals surface area contributed by atoms with Crippen LogP contribution >= 0.6 is 11.3 Å². The standard InChI is InChI=1S/C25H33F3N4O2S/c1-31-16-20(15-29-31)6-7-21(33)14-19-4-2-18(3-5-19)8-11-32-12-9-22-23(10-13-32)35-24(30-22)34-17-25(26,27)28/h6-7,15-16,18-19H,2-5,8-14,17H2,1H3/b7-6+. The zero-order chi connectivity index (χ0) is 24.8. The Hall–Kier alpha value is -2.20. The number of hydrogen-bond donors (Lipinski definition) is 0. The van der Waals surface area contributed by atoms with Crippen LogP contribution in [0.15, 0.2) is 18.5 Å². The van der Waals surface area contributed by atoms with Gasteiger partial charge in [-0.2, -0.15) is 18.3 Å².